The first-order valence-electron chi connectivity index (χ1n) is 8.64. The van der Waals surface area contributed by atoms with Crippen LogP contribution in [0.15, 0.2) is 59.1 Å². The van der Waals surface area contributed by atoms with E-state index < -0.39 is 0 Å². The lowest BCUT2D eigenvalue weighted by molar-refractivity contribution is 0.0695. The zero-order valence-corrected chi connectivity index (χ0v) is 14.1. The summed E-state index contributed by atoms with van der Waals surface area (Å²) in [5.41, 5.74) is 1.39. The van der Waals surface area contributed by atoms with E-state index in [0.717, 1.165) is 18.4 Å². The Morgan fingerprint density at radius 1 is 1.12 bits per heavy atom. The van der Waals surface area contributed by atoms with Crippen molar-refractivity contribution < 1.29 is 13.7 Å². The van der Waals surface area contributed by atoms with Gasteiger partial charge in [0.05, 0.1) is 5.92 Å². The van der Waals surface area contributed by atoms with Gasteiger partial charge >= 0.3 is 0 Å². The maximum Gasteiger partial charge on any atom is 0.253 e. The number of amides is 1. The molecule has 6 heteroatoms. The molecule has 0 aliphatic carbocycles. The van der Waals surface area contributed by atoms with Crippen LogP contribution in [-0.4, -0.2) is 34.0 Å². The number of halogens is 1. The van der Waals surface area contributed by atoms with Crippen molar-refractivity contribution in [2.75, 3.05) is 13.1 Å². The molecule has 1 fully saturated rings. The van der Waals surface area contributed by atoms with Gasteiger partial charge in [-0.3, -0.25) is 4.79 Å². The van der Waals surface area contributed by atoms with E-state index in [0.29, 0.717) is 30.4 Å². The number of hydrogen-bond donors (Lipinski definition) is 0. The number of likely N-dealkylation sites (tertiary alicyclic amines) is 1. The average molecular weight is 351 g/mol. The molecule has 0 saturated carbocycles. The van der Waals surface area contributed by atoms with Crippen LogP contribution in [0, 0.1) is 5.82 Å². The fourth-order valence-electron chi connectivity index (χ4n) is 3.24. The molecule has 0 bridgehead atoms. The minimum absolute atomic E-state index is 0.0121. The van der Waals surface area contributed by atoms with E-state index in [1.807, 2.05) is 30.3 Å². The molecule has 0 spiro atoms. The number of carbonyl (C=O) groups excluding carboxylic acids is 1. The monoisotopic (exact) mass is 351 g/mol. The zero-order valence-electron chi connectivity index (χ0n) is 14.1. The number of hydrogen-bond acceptors (Lipinski definition) is 4. The van der Waals surface area contributed by atoms with Crippen molar-refractivity contribution in [1.82, 2.24) is 15.0 Å². The molecule has 132 valence electrons. The second kappa shape index (κ2) is 7.07. The predicted molar refractivity (Wildman–Crippen MR) is 94.0 cm³/mol. The number of piperidine rings is 1. The Morgan fingerprint density at radius 2 is 1.88 bits per heavy atom. The van der Waals surface area contributed by atoms with E-state index in [4.69, 9.17) is 4.52 Å². The van der Waals surface area contributed by atoms with Crippen LogP contribution in [0.1, 0.15) is 35.0 Å². The molecule has 26 heavy (non-hydrogen) atoms. The summed E-state index contributed by atoms with van der Waals surface area (Å²) < 4.78 is 18.5. The number of aromatic nitrogens is 2. The Morgan fingerprint density at radius 3 is 2.65 bits per heavy atom. The molecular weight excluding hydrogens is 333 g/mol. The Balaban J connectivity index is 1.49. The molecule has 1 amide bonds. The first kappa shape index (κ1) is 16.4. The van der Waals surface area contributed by atoms with Gasteiger partial charge in [-0.1, -0.05) is 35.5 Å². The highest BCUT2D eigenvalue weighted by molar-refractivity contribution is 5.94. The normalized spacial score (nSPS) is 17.3. The molecule has 1 aromatic heterocycles. The molecule has 4 rings (SSSR count). The van der Waals surface area contributed by atoms with Gasteiger partial charge in [-0.2, -0.15) is 4.98 Å². The van der Waals surface area contributed by atoms with Gasteiger partial charge in [0.25, 0.3) is 5.91 Å². The van der Waals surface area contributed by atoms with Crippen molar-refractivity contribution in [2.45, 2.75) is 18.8 Å². The van der Waals surface area contributed by atoms with Crippen LogP contribution in [0.3, 0.4) is 0 Å². The molecule has 1 atom stereocenters. The van der Waals surface area contributed by atoms with E-state index in [1.165, 1.54) is 24.3 Å². The van der Waals surface area contributed by atoms with Crippen LogP contribution in [-0.2, 0) is 0 Å². The largest absolute Gasteiger partial charge is 0.339 e. The smallest absolute Gasteiger partial charge is 0.253 e. The van der Waals surface area contributed by atoms with Crippen LogP contribution >= 0.6 is 0 Å². The number of benzene rings is 2. The summed E-state index contributed by atoms with van der Waals surface area (Å²) in [6.07, 6.45) is 1.75. The van der Waals surface area contributed by atoms with Gasteiger partial charge in [-0.05, 0) is 37.1 Å². The maximum atomic E-state index is 13.1. The van der Waals surface area contributed by atoms with Gasteiger partial charge in [0.15, 0.2) is 0 Å². The highest BCUT2D eigenvalue weighted by atomic mass is 19.1. The van der Waals surface area contributed by atoms with Gasteiger partial charge in [-0.25, -0.2) is 4.39 Å². The van der Waals surface area contributed by atoms with Crippen molar-refractivity contribution in [1.29, 1.82) is 0 Å². The average Bonchev–Trinajstić information content (AvgIpc) is 3.19. The Hall–Kier alpha value is -3.02. The van der Waals surface area contributed by atoms with E-state index in [1.54, 1.807) is 4.90 Å². The molecule has 0 unspecified atom stereocenters. The first-order valence-corrected chi connectivity index (χ1v) is 8.64. The Bertz CT molecular complexity index is 893. The fourth-order valence-corrected chi connectivity index (χ4v) is 3.24. The molecule has 1 aliphatic heterocycles. The lowest BCUT2D eigenvalue weighted by atomic mass is 9.97. The minimum atomic E-state index is -0.350. The van der Waals surface area contributed by atoms with Gasteiger partial charge in [0, 0.05) is 24.2 Å². The van der Waals surface area contributed by atoms with Gasteiger partial charge in [-0.15, -0.1) is 0 Å². The summed E-state index contributed by atoms with van der Waals surface area (Å²) in [7, 11) is 0. The van der Waals surface area contributed by atoms with Gasteiger partial charge < -0.3 is 9.42 Å². The van der Waals surface area contributed by atoms with Crippen LogP contribution in [0.4, 0.5) is 4.39 Å². The molecule has 0 N–H and O–H groups in total. The molecule has 0 radical (unpaired) electrons. The topological polar surface area (TPSA) is 59.2 Å². The second-order valence-corrected chi connectivity index (χ2v) is 6.42. The SMILES string of the molecule is O=C(c1ccc(F)cc1)N1CCC[C@H](c2nc(-c3ccccc3)no2)C1. The summed E-state index contributed by atoms with van der Waals surface area (Å²) in [5, 5.41) is 4.07. The quantitative estimate of drug-likeness (QED) is 0.718. The molecular formula is C20H18FN3O2. The second-order valence-electron chi connectivity index (χ2n) is 6.42. The predicted octanol–water partition coefficient (Wildman–Crippen LogP) is 3.90. The Labute approximate surface area is 150 Å². The molecule has 5 nitrogen and oxygen atoms in total. The van der Waals surface area contributed by atoms with E-state index in [9.17, 15) is 9.18 Å². The van der Waals surface area contributed by atoms with E-state index >= 15 is 0 Å². The van der Waals surface area contributed by atoms with Crippen LogP contribution in [0.5, 0.6) is 0 Å². The highest BCUT2D eigenvalue weighted by Gasteiger charge is 2.29. The summed E-state index contributed by atoms with van der Waals surface area (Å²) >= 11 is 0. The minimum Gasteiger partial charge on any atom is -0.339 e. The van der Waals surface area contributed by atoms with E-state index in [-0.39, 0.29) is 17.6 Å². The van der Waals surface area contributed by atoms with Crippen LogP contribution < -0.4 is 0 Å². The molecule has 3 aromatic rings. The standard InChI is InChI=1S/C20H18FN3O2/c21-17-10-8-15(9-11-17)20(25)24-12-4-7-16(13-24)19-22-18(23-26-19)14-5-2-1-3-6-14/h1-3,5-6,8-11,16H,4,7,12-13H2/t16-/m0/s1. The lowest BCUT2D eigenvalue weighted by Crippen LogP contribution is -2.39. The summed E-state index contributed by atoms with van der Waals surface area (Å²) in [5.74, 6) is 0.677. The van der Waals surface area contributed by atoms with Crippen molar-refractivity contribution in [3.63, 3.8) is 0 Å². The van der Waals surface area contributed by atoms with Crippen molar-refractivity contribution >= 4 is 5.91 Å². The van der Waals surface area contributed by atoms with E-state index in [2.05, 4.69) is 10.1 Å². The van der Waals surface area contributed by atoms with Crippen molar-refractivity contribution in [3.05, 3.63) is 71.9 Å². The molecule has 2 aromatic carbocycles. The van der Waals surface area contributed by atoms with Crippen molar-refractivity contribution in [3.8, 4) is 11.4 Å². The number of carbonyl (C=O) groups is 1. The maximum absolute atomic E-state index is 13.1. The first-order chi connectivity index (χ1) is 12.7. The Kier molecular flexibility index (Phi) is 4.48. The van der Waals surface area contributed by atoms with Crippen molar-refractivity contribution in [2.24, 2.45) is 0 Å². The highest BCUT2D eigenvalue weighted by Crippen LogP contribution is 2.28. The fraction of sp³-hybridized carbons (Fsp3) is 0.250. The zero-order chi connectivity index (χ0) is 17.9. The third-order valence-electron chi connectivity index (χ3n) is 4.62. The van der Waals surface area contributed by atoms with Gasteiger partial charge in [0.1, 0.15) is 5.82 Å². The summed E-state index contributed by atoms with van der Waals surface area (Å²) in [6, 6.07) is 15.3. The third kappa shape index (κ3) is 3.35. The molecule has 1 saturated heterocycles. The third-order valence-corrected chi connectivity index (χ3v) is 4.62. The molecule has 1 aliphatic rings. The lowest BCUT2D eigenvalue weighted by Gasteiger charge is -2.31. The number of nitrogens with zero attached hydrogens (tertiary/aromatic N) is 3. The van der Waals surface area contributed by atoms with Gasteiger partial charge in [0.2, 0.25) is 11.7 Å². The van der Waals surface area contributed by atoms with Crippen LogP contribution in [0.25, 0.3) is 11.4 Å². The summed E-state index contributed by atoms with van der Waals surface area (Å²) in [6.45, 7) is 1.19. The molecule has 2 heterocycles. The van der Waals surface area contributed by atoms with Crippen LogP contribution in [0.2, 0.25) is 0 Å². The summed E-state index contributed by atoms with van der Waals surface area (Å²) in [4.78, 5) is 18.9. The number of rotatable bonds is 3.